The fourth-order valence-corrected chi connectivity index (χ4v) is 7.79. The van der Waals surface area contributed by atoms with Crippen molar-refractivity contribution in [2.45, 2.75) is 258 Å². The second-order valence-corrected chi connectivity index (χ2v) is 17.6. The van der Waals surface area contributed by atoms with Gasteiger partial charge in [0, 0.05) is 12.8 Å². The van der Waals surface area contributed by atoms with Gasteiger partial charge in [0.15, 0.2) is 6.10 Å². The van der Waals surface area contributed by atoms with Gasteiger partial charge in [0.05, 0.1) is 13.2 Å². The average Bonchev–Trinajstić information content (AvgIpc) is 3.18. The molecule has 0 bridgehead atoms. The van der Waals surface area contributed by atoms with Crippen LogP contribution in [0.4, 0.5) is 0 Å². The van der Waals surface area contributed by atoms with Crippen LogP contribution in [0.3, 0.4) is 0 Å². The predicted molar refractivity (Wildman–Crippen MR) is 235 cm³/mol. The lowest BCUT2D eigenvalue weighted by molar-refractivity contribution is -0.161. The Kier molecular flexibility index (Phi) is 42.4. The van der Waals surface area contributed by atoms with Crippen molar-refractivity contribution in [2.75, 3.05) is 19.8 Å². The summed E-state index contributed by atoms with van der Waals surface area (Å²) in [6.07, 6.45) is 47.1. The van der Waals surface area contributed by atoms with E-state index in [1.165, 1.54) is 161 Å². The van der Waals surface area contributed by atoms with E-state index >= 15 is 0 Å². The average molecular weight is 815 g/mol. The van der Waals surface area contributed by atoms with Crippen molar-refractivity contribution in [1.29, 1.82) is 0 Å². The Hall–Kier alpha value is -1.21. The first-order chi connectivity index (χ1) is 27.3. The Balaban J connectivity index is 3.88. The van der Waals surface area contributed by atoms with E-state index in [2.05, 4.69) is 26.0 Å². The number of carbonyl (C=O) groups excluding carboxylic acids is 2. The van der Waals surface area contributed by atoms with E-state index in [0.29, 0.717) is 12.8 Å². The van der Waals surface area contributed by atoms with Gasteiger partial charge in [0.1, 0.15) is 6.61 Å². The van der Waals surface area contributed by atoms with Crippen LogP contribution in [-0.2, 0) is 32.7 Å². The Bertz CT molecular complexity index is 926. The lowest BCUT2D eigenvalue weighted by Gasteiger charge is -2.19. The molecule has 0 rings (SSSR count). The maximum atomic E-state index is 12.5. The number of unbranched alkanes of at least 4 members (excludes halogenated alkanes) is 31. The molecule has 0 radical (unpaired) electrons. The number of hydrogen-bond donors (Lipinski definition) is 1. The monoisotopic (exact) mass is 815 g/mol. The minimum atomic E-state index is -4.28. The molecule has 1 N–H and O–H groups in total. The van der Waals surface area contributed by atoms with Gasteiger partial charge in [-0.2, -0.15) is 0 Å². The smallest absolute Gasteiger partial charge is 0.462 e. The first-order valence-corrected chi connectivity index (χ1v) is 25.5. The summed E-state index contributed by atoms with van der Waals surface area (Å²) in [5.41, 5.74) is 0. The number of rotatable bonds is 45. The van der Waals surface area contributed by atoms with E-state index in [-0.39, 0.29) is 25.6 Å². The number of ether oxygens (including phenoxy) is 2. The summed E-state index contributed by atoms with van der Waals surface area (Å²) in [5.74, 6) is -0.795. The van der Waals surface area contributed by atoms with Crippen molar-refractivity contribution in [3.8, 4) is 0 Å². The zero-order valence-corrected chi connectivity index (χ0v) is 38.0. The lowest BCUT2D eigenvalue weighted by Crippen LogP contribution is -2.29. The molecule has 0 saturated heterocycles. The normalized spacial score (nSPS) is 13.3. The maximum absolute atomic E-state index is 12.5. The van der Waals surface area contributed by atoms with Crippen LogP contribution in [0.5, 0.6) is 0 Å². The van der Waals surface area contributed by atoms with Gasteiger partial charge >= 0.3 is 19.8 Å². The highest BCUT2D eigenvalue weighted by Crippen LogP contribution is 2.43. The van der Waals surface area contributed by atoms with E-state index in [4.69, 9.17) is 18.5 Å². The number of phosphoric acid groups is 1. The van der Waals surface area contributed by atoms with Crippen molar-refractivity contribution in [3.05, 3.63) is 12.2 Å². The summed E-state index contributed by atoms with van der Waals surface area (Å²) in [5, 5.41) is 0. The molecule has 9 heteroatoms. The van der Waals surface area contributed by atoms with Gasteiger partial charge in [-0.25, -0.2) is 4.57 Å². The Labute approximate surface area is 346 Å². The third kappa shape index (κ3) is 42.4. The Morgan fingerprint density at radius 3 is 1.21 bits per heavy atom. The highest BCUT2D eigenvalue weighted by atomic mass is 31.2. The van der Waals surface area contributed by atoms with E-state index in [9.17, 15) is 19.0 Å². The fraction of sp³-hybridized carbons (Fsp3) is 0.915. The van der Waals surface area contributed by atoms with Crippen LogP contribution in [0, 0.1) is 0 Å². The minimum absolute atomic E-state index is 0.00204. The number of allylic oxidation sites excluding steroid dienone is 2. The molecule has 0 aromatic carbocycles. The number of esters is 2. The molecular formula is C47H91O8P. The summed E-state index contributed by atoms with van der Waals surface area (Å²) in [6.45, 7) is 5.48. The minimum Gasteiger partial charge on any atom is -0.462 e. The number of phosphoric ester groups is 1. The largest absolute Gasteiger partial charge is 0.472 e. The molecule has 0 aromatic heterocycles. The maximum Gasteiger partial charge on any atom is 0.472 e. The van der Waals surface area contributed by atoms with Crippen LogP contribution in [0.1, 0.15) is 252 Å². The third-order valence-corrected chi connectivity index (χ3v) is 11.6. The SMILES string of the molecule is CCCCC/C=C\CCCCCCCC(=O)OC(COC(=O)CCCCCCCCCCCCCCCCCCCCCCCCCC)COP(=O)(O)OCC. The van der Waals surface area contributed by atoms with Gasteiger partial charge < -0.3 is 14.4 Å². The standard InChI is InChI=1S/C47H91O8P/c1-4-7-9-11-13-15-17-19-20-21-22-23-24-25-26-27-28-29-30-32-33-35-37-39-41-46(48)52-43-45(44-54-56(50,51)53-6-3)55-47(49)42-40-38-36-34-31-18-16-14-12-10-8-5-2/h14,16,45H,4-13,15,17-44H2,1-3H3,(H,50,51)/b16-14-. The van der Waals surface area contributed by atoms with E-state index in [0.717, 1.165) is 51.4 Å². The summed E-state index contributed by atoms with van der Waals surface area (Å²) >= 11 is 0. The van der Waals surface area contributed by atoms with Crippen LogP contribution < -0.4 is 0 Å². The molecular weight excluding hydrogens is 723 g/mol. The summed E-state index contributed by atoms with van der Waals surface area (Å²) in [7, 11) is -4.28. The number of hydrogen-bond acceptors (Lipinski definition) is 7. The third-order valence-electron chi connectivity index (χ3n) is 10.6. The molecule has 0 aromatic rings. The van der Waals surface area contributed by atoms with E-state index in [1.807, 2.05) is 0 Å². The van der Waals surface area contributed by atoms with Crippen LogP contribution in [0.25, 0.3) is 0 Å². The molecule has 0 spiro atoms. The van der Waals surface area contributed by atoms with Crippen LogP contribution in [-0.4, -0.2) is 42.8 Å². The van der Waals surface area contributed by atoms with Crippen molar-refractivity contribution in [2.24, 2.45) is 0 Å². The Morgan fingerprint density at radius 2 is 0.804 bits per heavy atom. The zero-order valence-electron chi connectivity index (χ0n) is 37.1. The van der Waals surface area contributed by atoms with Crippen LogP contribution >= 0.6 is 7.82 Å². The van der Waals surface area contributed by atoms with Crippen molar-refractivity contribution < 1.29 is 37.6 Å². The van der Waals surface area contributed by atoms with Gasteiger partial charge in [-0.05, 0) is 45.4 Å². The van der Waals surface area contributed by atoms with Crippen LogP contribution in [0.15, 0.2) is 12.2 Å². The topological polar surface area (TPSA) is 108 Å². The molecule has 2 atom stereocenters. The summed E-state index contributed by atoms with van der Waals surface area (Å²) in [4.78, 5) is 34.8. The first-order valence-electron chi connectivity index (χ1n) is 24.0. The fourth-order valence-electron chi connectivity index (χ4n) is 7.04. The van der Waals surface area contributed by atoms with Gasteiger partial charge in [-0.3, -0.25) is 18.6 Å². The first kappa shape index (κ1) is 54.8. The summed E-state index contributed by atoms with van der Waals surface area (Å²) in [6, 6.07) is 0. The van der Waals surface area contributed by atoms with Gasteiger partial charge in [0.25, 0.3) is 0 Å². The molecule has 56 heavy (non-hydrogen) atoms. The molecule has 0 fully saturated rings. The van der Waals surface area contributed by atoms with Crippen LogP contribution in [0.2, 0.25) is 0 Å². The zero-order chi connectivity index (χ0) is 41.1. The molecule has 0 saturated carbocycles. The lowest BCUT2D eigenvalue weighted by atomic mass is 10.0. The highest BCUT2D eigenvalue weighted by Gasteiger charge is 2.25. The summed E-state index contributed by atoms with van der Waals surface area (Å²) < 4.78 is 32.7. The Morgan fingerprint density at radius 1 is 0.464 bits per heavy atom. The van der Waals surface area contributed by atoms with E-state index < -0.39 is 26.5 Å². The van der Waals surface area contributed by atoms with Crippen molar-refractivity contribution >= 4 is 19.8 Å². The highest BCUT2D eigenvalue weighted by molar-refractivity contribution is 7.47. The van der Waals surface area contributed by atoms with Gasteiger partial charge in [-0.15, -0.1) is 0 Å². The number of carbonyl (C=O) groups is 2. The predicted octanol–water partition coefficient (Wildman–Crippen LogP) is 15.2. The molecule has 0 aliphatic heterocycles. The molecule has 8 nitrogen and oxygen atoms in total. The molecule has 0 heterocycles. The van der Waals surface area contributed by atoms with Gasteiger partial charge in [0.2, 0.25) is 0 Å². The second kappa shape index (κ2) is 43.4. The van der Waals surface area contributed by atoms with Crippen molar-refractivity contribution in [3.63, 3.8) is 0 Å². The van der Waals surface area contributed by atoms with Gasteiger partial charge in [-0.1, -0.05) is 206 Å². The van der Waals surface area contributed by atoms with Crippen molar-refractivity contribution in [1.82, 2.24) is 0 Å². The molecule has 0 amide bonds. The molecule has 0 aliphatic rings. The quantitative estimate of drug-likeness (QED) is 0.0280. The molecule has 0 aliphatic carbocycles. The molecule has 332 valence electrons. The molecule has 2 unspecified atom stereocenters. The van der Waals surface area contributed by atoms with E-state index in [1.54, 1.807) is 6.92 Å². The second-order valence-electron chi connectivity index (χ2n) is 16.1.